The second-order valence-corrected chi connectivity index (χ2v) is 4.95. The first-order valence-electron chi connectivity index (χ1n) is 6.33. The summed E-state index contributed by atoms with van der Waals surface area (Å²) < 4.78 is 1.70. The van der Waals surface area contributed by atoms with Crippen molar-refractivity contribution in [2.45, 2.75) is 26.7 Å². The Kier molecular flexibility index (Phi) is 3.57. The first-order valence-corrected chi connectivity index (χ1v) is 6.33. The zero-order valence-corrected chi connectivity index (χ0v) is 11.7. The molecule has 1 N–H and O–H groups in total. The smallest absolute Gasteiger partial charge is 0.146 e. The molecule has 4 heteroatoms. The summed E-state index contributed by atoms with van der Waals surface area (Å²) in [5.41, 5.74) is 3.58. The molecule has 0 amide bonds. The van der Waals surface area contributed by atoms with Crippen molar-refractivity contribution in [2.24, 2.45) is 7.05 Å². The highest BCUT2D eigenvalue weighted by molar-refractivity contribution is 5.64. The molecule has 0 saturated heterocycles. The van der Waals surface area contributed by atoms with Gasteiger partial charge in [-0.05, 0) is 30.5 Å². The molecule has 1 aromatic heterocycles. The van der Waals surface area contributed by atoms with Crippen LogP contribution in [-0.2, 0) is 7.05 Å². The Hall–Kier alpha value is -2.28. The topological polar surface area (TPSA) is 53.6 Å². The number of hydrogen-bond acceptors (Lipinski definition) is 3. The van der Waals surface area contributed by atoms with Crippen molar-refractivity contribution in [3.63, 3.8) is 0 Å². The van der Waals surface area contributed by atoms with Crippen molar-refractivity contribution in [1.29, 1.82) is 5.26 Å². The maximum absolute atomic E-state index is 9.19. The van der Waals surface area contributed by atoms with Crippen LogP contribution in [0, 0.1) is 18.3 Å². The van der Waals surface area contributed by atoms with Crippen molar-refractivity contribution in [2.75, 3.05) is 5.32 Å². The summed E-state index contributed by atoms with van der Waals surface area (Å²) in [4.78, 5) is 0. The van der Waals surface area contributed by atoms with Gasteiger partial charge in [-0.15, -0.1) is 0 Å². The van der Waals surface area contributed by atoms with Crippen LogP contribution in [0.15, 0.2) is 24.3 Å². The molecule has 0 aliphatic heterocycles. The van der Waals surface area contributed by atoms with Crippen LogP contribution in [0.2, 0.25) is 0 Å². The quantitative estimate of drug-likeness (QED) is 0.912. The lowest BCUT2D eigenvalue weighted by molar-refractivity contribution is 0.765. The molecule has 1 heterocycles. The second-order valence-electron chi connectivity index (χ2n) is 4.95. The molecular formula is C15H18N4. The van der Waals surface area contributed by atoms with E-state index in [1.54, 1.807) is 4.68 Å². The lowest BCUT2D eigenvalue weighted by Crippen LogP contribution is -2.01. The minimum absolute atomic E-state index is 0.477. The van der Waals surface area contributed by atoms with E-state index in [1.807, 2.05) is 26.1 Å². The predicted molar refractivity (Wildman–Crippen MR) is 76.5 cm³/mol. The molecule has 0 atom stereocenters. The van der Waals surface area contributed by atoms with Gasteiger partial charge in [0.2, 0.25) is 0 Å². The summed E-state index contributed by atoms with van der Waals surface area (Å²) >= 11 is 0. The van der Waals surface area contributed by atoms with Crippen LogP contribution in [0.3, 0.4) is 0 Å². The van der Waals surface area contributed by atoms with Gasteiger partial charge in [0.25, 0.3) is 0 Å². The molecule has 4 nitrogen and oxygen atoms in total. The van der Waals surface area contributed by atoms with Crippen LogP contribution in [0.5, 0.6) is 0 Å². The third kappa shape index (κ3) is 2.60. The molecule has 0 fully saturated rings. The Morgan fingerprint density at radius 2 is 2.11 bits per heavy atom. The normalized spacial score (nSPS) is 10.5. The first-order chi connectivity index (χ1) is 9.02. The zero-order valence-electron chi connectivity index (χ0n) is 11.7. The molecule has 0 saturated carbocycles. The molecule has 98 valence electrons. The standard InChI is InChI=1S/C15H18N4/c1-10(2)12-6-5-7-13(8-12)17-15-14(9-16)11(3)18-19(15)4/h5-8,10,17H,1-4H3. The van der Waals surface area contributed by atoms with E-state index in [1.165, 1.54) is 5.56 Å². The zero-order chi connectivity index (χ0) is 14.0. The number of nitrogens with zero attached hydrogens (tertiary/aromatic N) is 3. The minimum Gasteiger partial charge on any atom is -0.339 e. The third-order valence-corrected chi connectivity index (χ3v) is 3.15. The van der Waals surface area contributed by atoms with Crippen molar-refractivity contribution in [3.05, 3.63) is 41.1 Å². The summed E-state index contributed by atoms with van der Waals surface area (Å²) in [7, 11) is 1.84. The van der Waals surface area contributed by atoms with Gasteiger partial charge >= 0.3 is 0 Å². The fourth-order valence-corrected chi connectivity index (χ4v) is 2.05. The lowest BCUT2D eigenvalue weighted by Gasteiger charge is -2.10. The summed E-state index contributed by atoms with van der Waals surface area (Å²) in [5, 5.41) is 16.7. The molecule has 0 spiro atoms. The van der Waals surface area contributed by atoms with Crippen LogP contribution in [0.1, 0.15) is 36.6 Å². The molecule has 2 aromatic rings. The molecule has 0 unspecified atom stereocenters. The van der Waals surface area contributed by atoms with Gasteiger partial charge in [0, 0.05) is 12.7 Å². The predicted octanol–water partition coefficient (Wildman–Crippen LogP) is 3.47. The van der Waals surface area contributed by atoms with Gasteiger partial charge in [-0.3, -0.25) is 4.68 Å². The monoisotopic (exact) mass is 254 g/mol. The van der Waals surface area contributed by atoms with Gasteiger partial charge < -0.3 is 5.32 Å². The number of anilines is 2. The van der Waals surface area contributed by atoms with E-state index in [0.29, 0.717) is 11.5 Å². The molecule has 19 heavy (non-hydrogen) atoms. The van der Waals surface area contributed by atoms with E-state index in [0.717, 1.165) is 17.2 Å². The van der Waals surface area contributed by atoms with Crippen molar-refractivity contribution >= 4 is 11.5 Å². The van der Waals surface area contributed by atoms with Crippen molar-refractivity contribution in [3.8, 4) is 6.07 Å². The van der Waals surface area contributed by atoms with Crippen molar-refractivity contribution in [1.82, 2.24) is 9.78 Å². The van der Waals surface area contributed by atoms with Gasteiger partial charge in [-0.2, -0.15) is 10.4 Å². The molecular weight excluding hydrogens is 236 g/mol. The van der Waals surface area contributed by atoms with Gasteiger partial charge in [0.05, 0.1) is 5.69 Å². The Bertz CT molecular complexity index is 632. The number of nitriles is 1. The van der Waals surface area contributed by atoms with Crippen LogP contribution < -0.4 is 5.32 Å². The number of aromatic nitrogens is 2. The SMILES string of the molecule is Cc1nn(C)c(Nc2cccc(C(C)C)c2)c1C#N. The number of rotatable bonds is 3. The Labute approximate surface area is 113 Å². The van der Waals surface area contributed by atoms with E-state index in [2.05, 4.69) is 42.5 Å². The Balaban J connectivity index is 2.37. The Morgan fingerprint density at radius 1 is 1.37 bits per heavy atom. The van der Waals surface area contributed by atoms with E-state index < -0.39 is 0 Å². The summed E-state index contributed by atoms with van der Waals surface area (Å²) in [5.74, 6) is 1.21. The van der Waals surface area contributed by atoms with Crippen LogP contribution in [0.25, 0.3) is 0 Å². The van der Waals surface area contributed by atoms with Gasteiger partial charge in [-0.25, -0.2) is 0 Å². The van der Waals surface area contributed by atoms with E-state index in [4.69, 9.17) is 0 Å². The van der Waals surface area contributed by atoms with Gasteiger partial charge in [0.15, 0.2) is 0 Å². The number of hydrogen-bond donors (Lipinski definition) is 1. The largest absolute Gasteiger partial charge is 0.339 e. The highest BCUT2D eigenvalue weighted by Gasteiger charge is 2.13. The molecule has 1 aromatic carbocycles. The number of aryl methyl sites for hydroxylation is 2. The van der Waals surface area contributed by atoms with Gasteiger partial charge in [0.1, 0.15) is 17.5 Å². The first kappa shape index (κ1) is 13.2. The maximum Gasteiger partial charge on any atom is 0.146 e. The molecule has 0 bridgehead atoms. The molecule has 0 aliphatic rings. The van der Waals surface area contributed by atoms with Gasteiger partial charge in [-0.1, -0.05) is 26.0 Å². The summed E-state index contributed by atoms with van der Waals surface area (Å²) in [6.07, 6.45) is 0. The maximum atomic E-state index is 9.19. The third-order valence-electron chi connectivity index (χ3n) is 3.15. The highest BCUT2D eigenvalue weighted by atomic mass is 15.3. The fourth-order valence-electron chi connectivity index (χ4n) is 2.05. The van der Waals surface area contributed by atoms with Crippen LogP contribution in [-0.4, -0.2) is 9.78 Å². The summed E-state index contributed by atoms with van der Waals surface area (Å²) in [6.45, 7) is 6.16. The number of benzene rings is 1. The van der Waals surface area contributed by atoms with E-state index in [-0.39, 0.29) is 0 Å². The molecule has 0 radical (unpaired) electrons. The van der Waals surface area contributed by atoms with Crippen molar-refractivity contribution < 1.29 is 0 Å². The average molecular weight is 254 g/mol. The minimum atomic E-state index is 0.477. The Morgan fingerprint density at radius 3 is 2.74 bits per heavy atom. The number of nitrogens with one attached hydrogen (secondary N) is 1. The fraction of sp³-hybridized carbons (Fsp3) is 0.333. The lowest BCUT2D eigenvalue weighted by atomic mass is 10.0. The summed E-state index contributed by atoms with van der Waals surface area (Å²) in [6, 6.07) is 10.4. The highest BCUT2D eigenvalue weighted by Crippen LogP contribution is 2.24. The second kappa shape index (κ2) is 5.15. The van der Waals surface area contributed by atoms with E-state index in [9.17, 15) is 5.26 Å². The van der Waals surface area contributed by atoms with Crippen LogP contribution in [0.4, 0.5) is 11.5 Å². The molecule has 2 rings (SSSR count). The van der Waals surface area contributed by atoms with Crippen LogP contribution >= 0.6 is 0 Å². The van der Waals surface area contributed by atoms with E-state index >= 15 is 0 Å². The average Bonchev–Trinajstić information content (AvgIpc) is 2.64. The molecule has 0 aliphatic carbocycles.